The highest BCUT2D eigenvalue weighted by Gasteiger charge is 2.27. The Labute approximate surface area is 204 Å². The van der Waals surface area contributed by atoms with Gasteiger partial charge in [0, 0.05) is 17.5 Å². The standard InChI is InChI=1S/C30H26N2O3/c31-29(34)26(20-21-16-18-25(19-17-21)28(33)24-14-8-3-9-15-24)32-30(35)27(22-10-4-1-5-11-22)23-12-6-2-7-13-23/h1-19,26-27H,20H2,(H2,31,34)(H,32,35)/t26-/m1/s1. The molecule has 0 aromatic heterocycles. The molecule has 0 aliphatic rings. The molecule has 2 amide bonds. The minimum absolute atomic E-state index is 0.0783. The predicted octanol–water partition coefficient (Wildman–Crippen LogP) is 4.26. The van der Waals surface area contributed by atoms with E-state index in [0.717, 1.165) is 16.7 Å². The van der Waals surface area contributed by atoms with Crippen LogP contribution in [0.3, 0.4) is 0 Å². The number of primary amides is 1. The number of hydrogen-bond acceptors (Lipinski definition) is 3. The van der Waals surface area contributed by atoms with Gasteiger partial charge in [0.15, 0.2) is 5.78 Å². The highest BCUT2D eigenvalue weighted by atomic mass is 16.2. The second-order valence-corrected chi connectivity index (χ2v) is 8.31. The van der Waals surface area contributed by atoms with Gasteiger partial charge in [0.05, 0.1) is 5.92 Å². The number of rotatable bonds is 9. The van der Waals surface area contributed by atoms with Crippen LogP contribution in [0.5, 0.6) is 0 Å². The zero-order valence-electron chi connectivity index (χ0n) is 19.1. The molecule has 0 aliphatic heterocycles. The largest absolute Gasteiger partial charge is 0.368 e. The third-order valence-electron chi connectivity index (χ3n) is 5.88. The van der Waals surface area contributed by atoms with Crippen LogP contribution in [0.15, 0.2) is 115 Å². The van der Waals surface area contributed by atoms with Gasteiger partial charge in [-0.25, -0.2) is 0 Å². The average molecular weight is 463 g/mol. The molecule has 0 unspecified atom stereocenters. The van der Waals surface area contributed by atoms with Crippen LogP contribution in [0.25, 0.3) is 0 Å². The summed E-state index contributed by atoms with van der Waals surface area (Å²) in [7, 11) is 0. The van der Waals surface area contributed by atoms with E-state index in [9.17, 15) is 14.4 Å². The Balaban J connectivity index is 1.51. The molecular weight excluding hydrogens is 436 g/mol. The number of hydrogen-bond donors (Lipinski definition) is 2. The van der Waals surface area contributed by atoms with Crippen molar-refractivity contribution in [2.24, 2.45) is 5.73 Å². The molecule has 0 aliphatic carbocycles. The Bertz CT molecular complexity index is 1250. The van der Waals surface area contributed by atoms with Crippen LogP contribution in [0.4, 0.5) is 0 Å². The molecule has 1 atom stereocenters. The van der Waals surface area contributed by atoms with Gasteiger partial charge < -0.3 is 11.1 Å². The maximum absolute atomic E-state index is 13.4. The Morgan fingerprint density at radius 3 is 1.57 bits per heavy atom. The Kier molecular flexibility index (Phi) is 7.48. The lowest BCUT2D eigenvalue weighted by molar-refractivity contribution is -0.127. The van der Waals surface area contributed by atoms with Crippen molar-refractivity contribution >= 4 is 17.6 Å². The molecule has 0 spiro atoms. The topological polar surface area (TPSA) is 89.3 Å². The first kappa shape index (κ1) is 23.6. The molecule has 4 aromatic carbocycles. The summed E-state index contributed by atoms with van der Waals surface area (Å²) in [5, 5.41) is 2.84. The number of ketones is 1. The molecule has 0 saturated carbocycles. The van der Waals surface area contributed by atoms with Crippen molar-refractivity contribution in [3.63, 3.8) is 0 Å². The fourth-order valence-electron chi connectivity index (χ4n) is 4.05. The van der Waals surface area contributed by atoms with Crippen molar-refractivity contribution in [1.82, 2.24) is 5.32 Å². The van der Waals surface area contributed by atoms with Gasteiger partial charge in [0.2, 0.25) is 11.8 Å². The molecule has 5 nitrogen and oxygen atoms in total. The molecule has 3 N–H and O–H groups in total. The van der Waals surface area contributed by atoms with Crippen molar-refractivity contribution in [3.8, 4) is 0 Å². The first-order chi connectivity index (χ1) is 17.0. The van der Waals surface area contributed by atoms with E-state index in [4.69, 9.17) is 5.73 Å². The first-order valence-corrected chi connectivity index (χ1v) is 11.4. The number of carbonyl (C=O) groups is 3. The lowest BCUT2D eigenvalue weighted by Crippen LogP contribution is -2.47. The molecule has 5 heteroatoms. The Morgan fingerprint density at radius 2 is 1.09 bits per heavy atom. The summed E-state index contributed by atoms with van der Waals surface area (Å²) in [6.07, 6.45) is 0.219. The van der Waals surface area contributed by atoms with Gasteiger partial charge in [0.25, 0.3) is 0 Å². The molecule has 0 heterocycles. The van der Waals surface area contributed by atoms with Gasteiger partial charge in [0.1, 0.15) is 6.04 Å². The lowest BCUT2D eigenvalue weighted by Gasteiger charge is -2.22. The summed E-state index contributed by atoms with van der Waals surface area (Å²) in [4.78, 5) is 38.3. The van der Waals surface area contributed by atoms with Crippen molar-refractivity contribution in [3.05, 3.63) is 143 Å². The summed E-state index contributed by atoms with van der Waals surface area (Å²) < 4.78 is 0. The molecule has 0 radical (unpaired) electrons. The van der Waals surface area contributed by atoms with E-state index >= 15 is 0 Å². The van der Waals surface area contributed by atoms with Crippen molar-refractivity contribution in [2.45, 2.75) is 18.4 Å². The molecule has 0 bridgehead atoms. The quantitative estimate of drug-likeness (QED) is 0.364. The Hall–Kier alpha value is -4.51. The lowest BCUT2D eigenvalue weighted by atomic mass is 9.90. The number of benzene rings is 4. The summed E-state index contributed by atoms with van der Waals surface area (Å²) in [6.45, 7) is 0. The van der Waals surface area contributed by atoms with Crippen molar-refractivity contribution in [1.29, 1.82) is 0 Å². The number of nitrogens with one attached hydrogen (secondary N) is 1. The van der Waals surface area contributed by atoms with Gasteiger partial charge in [-0.2, -0.15) is 0 Å². The second kappa shape index (κ2) is 11.1. The van der Waals surface area contributed by atoms with Crippen molar-refractivity contribution in [2.75, 3.05) is 0 Å². The minimum Gasteiger partial charge on any atom is -0.368 e. The maximum Gasteiger partial charge on any atom is 0.240 e. The smallest absolute Gasteiger partial charge is 0.240 e. The summed E-state index contributed by atoms with van der Waals surface area (Å²) in [5.74, 6) is -1.58. The first-order valence-electron chi connectivity index (χ1n) is 11.4. The SMILES string of the molecule is NC(=O)[C@@H](Cc1ccc(C(=O)c2ccccc2)cc1)NC(=O)C(c1ccccc1)c1ccccc1. The van der Waals surface area contributed by atoms with E-state index in [1.165, 1.54) is 0 Å². The van der Waals surface area contributed by atoms with E-state index in [1.54, 1.807) is 36.4 Å². The van der Waals surface area contributed by atoms with E-state index in [-0.39, 0.29) is 18.1 Å². The molecule has 4 aromatic rings. The van der Waals surface area contributed by atoms with E-state index in [1.807, 2.05) is 78.9 Å². The van der Waals surface area contributed by atoms with Crippen LogP contribution in [0.1, 0.15) is 38.5 Å². The average Bonchev–Trinajstić information content (AvgIpc) is 2.90. The fourth-order valence-corrected chi connectivity index (χ4v) is 4.05. The summed E-state index contributed by atoms with van der Waals surface area (Å²) in [6, 6.07) is 34.0. The molecule has 4 rings (SSSR count). The van der Waals surface area contributed by atoms with Gasteiger partial charge in [-0.1, -0.05) is 115 Å². The third-order valence-corrected chi connectivity index (χ3v) is 5.88. The molecule has 174 valence electrons. The molecule has 35 heavy (non-hydrogen) atoms. The Morgan fingerprint density at radius 1 is 0.629 bits per heavy atom. The number of carbonyl (C=O) groups excluding carboxylic acids is 3. The maximum atomic E-state index is 13.4. The van der Waals surface area contributed by atoms with Crippen LogP contribution in [-0.4, -0.2) is 23.6 Å². The van der Waals surface area contributed by atoms with Gasteiger partial charge >= 0.3 is 0 Å². The highest BCUT2D eigenvalue weighted by molar-refractivity contribution is 6.08. The van der Waals surface area contributed by atoms with Crippen LogP contribution >= 0.6 is 0 Å². The van der Waals surface area contributed by atoms with Crippen LogP contribution in [-0.2, 0) is 16.0 Å². The molecule has 0 fully saturated rings. The normalized spacial score (nSPS) is 11.6. The van der Waals surface area contributed by atoms with Crippen molar-refractivity contribution < 1.29 is 14.4 Å². The fraction of sp³-hybridized carbons (Fsp3) is 0.100. The minimum atomic E-state index is -0.895. The highest BCUT2D eigenvalue weighted by Crippen LogP contribution is 2.25. The molecular formula is C30H26N2O3. The van der Waals surface area contributed by atoms with E-state index in [0.29, 0.717) is 11.1 Å². The van der Waals surface area contributed by atoms with Crippen LogP contribution < -0.4 is 11.1 Å². The van der Waals surface area contributed by atoms with Gasteiger partial charge in [-0.3, -0.25) is 14.4 Å². The van der Waals surface area contributed by atoms with Crippen LogP contribution in [0.2, 0.25) is 0 Å². The predicted molar refractivity (Wildman–Crippen MR) is 136 cm³/mol. The second-order valence-electron chi connectivity index (χ2n) is 8.31. The molecule has 0 saturated heterocycles. The zero-order valence-corrected chi connectivity index (χ0v) is 19.1. The van der Waals surface area contributed by atoms with E-state index in [2.05, 4.69) is 5.32 Å². The number of amides is 2. The summed E-state index contributed by atoms with van der Waals surface area (Å²) in [5.41, 5.74) is 9.24. The van der Waals surface area contributed by atoms with Gasteiger partial charge in [-0.15, -0.1) is 0 Å². The monoisotopic (exact) mass is 462 g/mol. The van der Waals surface area contributed by atoms with Gasteiger partial charge in [-0.05, 0) is 16.7 Å². The van der Waals surface area contributed by atoms with E-state index < -0.39 is 17.9 Å². The number of nitrogens with two attached hydrogens (primary N) is 1. The third kappa shape index (κ3) is 5.89. The van der Waals surface area contributed by atoms with Crippen LogP contribution in [0, 0.1) is 0 Å². The zero-order chi connectivity index (χ0) is 24.6. The summed E-state index contributed by atoms with van der Waals surface area (Å²) >= 11 is 0.